The summed E-state index contributed by atoms with van der Waals surface area (Å²) in [6, 6.07) is 6.78. The highest BCUT2D eigenvalue weighted by Gasteiger charge is 2.14. The van der Waals surface area contributed by atoms with Crippen LogP contribution in [0.3, 0.4) is 0 Å². The number of ether oxygens (including phenoxy) is 1. The molecule has 1 aliphatic rings. The van der Waals surface area contributed by atoms with Crippen molar-refractivity contribution in [3.8, 4) is 0 Å². The molecule has 1 saturated heterocycles. The molecular weight excluding hydrogens is 318 g/mol. The van der Waals surface area contributed by atoms with Gasteiger partial charge in [-0.15, -0.1) is 0 Å². The molecule has 0 saturated carbocycles. The van der Waals surface area contributed by atoms with Gasteiger partial charge in [-0.1, -0.05) is 32.1 Å². The second-order valence-corrected chi connectivity index (χ2v) is 5.54. The minimum atomic E-state index is -0.365. The lowest BCUT2D eigenvalue weighted by Gasteiger charge is -2.27. The average Bonchev–Trinajstić information content (AvgIpc) is 2.69. The van der Waals surface area contributed by atoms with Crippen molar-refractivity contribution in [2.45, 2.75) is 26.7 Å². The van der Waals surface area contributed by atoms with E-state index in [1.54, 1.807) is 30.3 Å². The summed E-state index contributed by atoms with van der Waals surface area (Å²) >= 11 is 0. The minimum absolute atomic E-state index is 0.365. The van der Waals surface area contributed by atoms with Gasteiger partial charge < -0.3 is 14.7 Å². The lowest BCUT2D eigenvalue weighted by atomic mass is 9.98. The van der Waals surface area contributed by atoms with Crippen molar-refractivity contribution in [2.75, 3.05) is 33.9 Å². The molecule has 2 rings (SSSR count). The number of carbonyl (C=O) groups is 2. The highest BCUT2D eigenvalue weighted by atomic mass is 16.5. The third kappa shape index (κ3) is 9.79. The third-order valence-electron chi connectivity index (χ3n) is 3.80. The monoisotopic (exact) mass is 349 g/mol. The van der Waals surface area contributed by atoms with Crippen LogP contribution in [0.1, 0.15) is 42.6 Å². The predicted octanol–water partition coefficient (Wildman–Crippen LogP) is 3.03. The second kappa shape index (κ2) is 14.4. The first kappa shape index (κ1) is 23.0. The Morgan fingerprint density at radius 1 is 1.24 bits per heavy atom. The van der Waals surface area contributed by atoms with E-state index in [-0.39, 0.29) is 5.97 Å². The summed E-state index contributed by atoms with van der Waals surface area (Å²) in [5.41, 5.74) is 1.36. The first-order valence-electron chi connectivity index (χ1n) is 8.70. The number of nitrogens with zero attached hydrogens (tertiary/aromatic N) is 1. The Kier molecular flexibility index (Phi) is 13.2. The van der Waals surface area contributed by atoms with Gasteiger partial charge in [0.2, 0.25) is 0 Å². The molecule has 140 valence electrons. The third-order valence-corrected chi connectivity index (χ3v) is 3.80. The zero-order valence-corrected chi connectivity index (χ0v) is 15.8. The van der Waals surface area contributed by atoms with E-state index < -0.39 is 0 Å². The van der Waals surface area contributed by atoms with Crippen LogP contribution < -0.4 is 0 Å². The first-order chi connectivity index (χ1) is 12.1. The molecule has 0 aromatic heterocycles. The van der Waals surface area contributed by atoms with Crippen LogP contribution in [0.2, 0.25) is 0 Å². The standard InChI is InChI=1S/C11H10O3.C7H15NO.C2H6/c1-14-11(13)10-6-4-9(5-7-10)3-2-8-12;1-8-4-2-7(6-9)3-5-8;1-2/h2-8H,1H3;7,9H,2-6H2,1H3;1-2H3/b3-2+;;. The molecule has 0 unspecified atom stereocenters. The van der Waals surface area contributed by atoms with Gasteiger partial charge in [0.15, 0.2) is 0 Å². The maximum atomic E-state index is 11.0. The lowest BCUT2D eigenvalue weighted by Crippen LogP contribution is -2.31. The number of esters is 1. The first-order valence-corrected chi connectivity index (χ1v) is 8.70. The number of rotatable bonds is 4. The smallest absolute Gasteiger partial charge is 0.337 e. The van der Waals surface area contributed by atoms with Crippen LogP contribution >= 0.6 is 0 Å². The van der Waals surface area contributed by atoms with E-state index in [0.717, 1.165) is 18.7 Å². The number of hydrogen-bond donors (Lipinski definition) is 1. The van der Waals surface area contributed by atoms with E-state index in [9.17, 15) is 9.59 Å². The average molecular weight is 349 g/mol. The molecule has 1 N–H and O–H groups in total. The van der Waals surface area contributed by atoms with Crippen molar-refractivity contribution in [3.63, 3.8) is 0 Å². The van der Waals surface area contributed by atoms with Crippen LogP contribution in [0.25, 0.3) is 6.08 Å². The van der Waals surface area contributed by atoms with Gasteiger partial charge in [-0.2, -0.15) is 0 Å². The predicted molar refractivity (Wildman–Crippen MR) is 102 cm³/mol. The number of allylic oxidation sites excluding steroid dienone is 1. The molecule has 0 aliphatic carbocycles. The van der Waals surface area contributed by atoms with Crippen LogP contribution in [0.5, 0.6) is 0 Å². The van der Waals surface area contributed by atoms with Gasteiger partial charge in [-0.05, 0) is 62.7 Å². The molecule has 1 aliphatic heterocycles. The molecule has 0 bridgehead atoms. The normalized spacial score (nSPS) is 14.8. The van der Waals surface area contributed by atoms with Gasteiger partial charge >= 0.3 is 5.97 Å². The lowest BCUT2D eigenvalue weighted by molar-refractivity contribution is -0.104. The maximum Gasteiger partial charge on any atom is 0.337 e. The molecule has 1 aromatic rings. The second-order valence-electron chi connectivity index (χ2n) is 5.54. The number of hydrogen-bond acceptors (Lipinski definition) is 5. The summed E-state index contributed by atoms with van der Waals surface area (Å²) < 4.78 is 4.54. The highest BCUT2D eigenvalue weighted by molar-refractivity contribution is 5.89. The van der Waals surface area contributed by atoms with E-state index >= 15 is 0 Å². The quantitative estimate of drug-likeness (QED) is 0.514. The fraction of sp³-hybridized carbons (Fsp3) is 0.500. The van der Waals surface area contributed by atoms with Crippen LogP contribution in [0.15, 0.2) is 30.3 Å². The molecule has 0 spiro atoms. The van der Waals surface area contributed by atoms with Gasteiger partial charge in [-0.25, -0.2) is 4.79 Å². The Labute approximate surface area is 151 Å². The molecular formula is C20H31NO4. The molecule has 25 heavy (non-hydrogen) atoms. The van der Waals surface area contributed by atoms with Crippen molar-refractivity contribution in [1.29, 1.82) is 0 Å². The molecule has 5 heteroatoms. The van der Waals surface area contributed by atoms with Crippen molar-refractivity contribution >= 4 is 18.3 Å². The van der Waals surface area contributed by atoms with Crippen molar-refractivity contribution in [3.05, 3.63) is 41.5 Å². The molecule has 1 fully saturated rings. The Morgan fingerprint density at radius 3 is 2.24 bits per heavy atom. The van der Waals surface area contributed by atoms with E-state index in [1.165, 1.54) is 26.0 Å². The summed E-state index contributed by atoms with van der Waals surface area (Å²) in [5.74, 6) is 0.220. The Balaban J connectivity index is 0.000000451. The van der Waals surface area contributed by atoms with E-state index in [1.807, 2.05) is 13.8 Å². The van der Waals surface area contributed by atoms with Crippen LogP contribution in [-0.2, 0) is 9.53 Å². The Morgan fingerprint density at radius 2 is 1.80 bits per heavy atom. The van der Waals surface area contributed by atoms with Crippen LogP contribution in [0.4, 0.5) is 0 Å². The van der Waals surface area contributed by atoms with E-state index in [4.69, 9.17) is 5.11 Å². The highest BCUT2D eigenvalue weighted by Crippen LogP contribution is 2.14. The maximum absolute atomic E-state index is 11.0. The molecule has 0 atom stereocenters. The molecule has 5 nitrogen and oxygen atoms in total. The van der Waals surface area contributed by atoms with Crippen LogP contribution in [-0.4, -0.2) is 56.1 Å². The van der Waals surface area contributed by atoms with Gasteiger partial charge in [0, 0.05) is 6.61 Å². The van der Waals surface area contributed by atoms with Gasteiger partial charge in [0.25, 0.3) is 0 Å². The number of likely N-dealkylation sites (tertiary alicyclic amines) is 1. The number of aliphatic hydroxyl groups excluding tert-OH is 1. The number of benzene rings is 1. The largest absolute Gasteiger partial charge is 0.465 e. The number of methoxy groups -OCH3 is 1. The molecule has 1 aromatic carbocycles. The Hall–Kier alpha value is -1.98. The van der Waals surface area contributed by atoms with Crippen molar-refractivity contribution in [2.24, 2.45) is 5.92 Å². The molecule has 0 amide bonds. The summed E-state index contributed by atoms with van der Waals surface area (Å²) in [4.78, 5) is 23.4. The summed E-state index contributed by atoms with van der Waals surface area (Å²) in [6.07, 6.45) is 6.11. The minimum Gasteiger partial charge on any atom is -0.465 e. The summed E-state index contributed by atoms with van der Waals surface area (Å²) in [6.45, 7) is 6.70. The molecule has 1 heterocycles. The van der Waals surface area contributed by atoms with Gasteiger partial charge in [0.1, 0.15) is 6.29 Å². The Bertz CT molecular complexity index is 503. The topological polar surface area (TPSA) is 66.8 Å². The zero-order chi connectivity index (χ0) is 19.1. The van der Waals surface area contributed by atoms with Crippen molar-refractivity contribution in [1.82, 2.24) is 4.90 Å². The fourth-order valence-electron chi connectivity index (χ4n) is 2.24. The number of piperidine rings is 1. The number of aldehydes is 1. The van der Waals surface area contributed by atoms with E-state index in [0.29, 0.717) is 24.4 Å². The van der Waals surface area contributed by atoms with E-state index in [2.05, 4.69) is 16.7 Å². The summed E-state index contributed by atoms with van der Waals surface area (Å²) in [5, 5.41) is 8.76. The van der Waals surface area contributed by atoms with Crippen molar-refractivity contribution < 1.29 is 19.4 Å². The SMILES string of the molecule is CC.CN1CCC(CO)CC1.COC(=O)c1ccc(/C=C/C=O)cc1. The zero-order valence-electron chi connectivity index (χ0n) is 15.8. The van der Waals surface area contributed by atoms with Crippen LogP contribution in [0, 0.1) is 5.92 Å². The number of aliphatic hydroxyl groups is 1. The number of carbonyl (C=O) groups excluding carboxylic acids is 2. The van der Waals surface area contributed by atoms with Gasteiger partial charge in [0.05, 0.1) is 12.7 Å². The molecule has 0 radical (unpaired) electrons. The fourth-order valence-corrected chi connectivity index (χ4v) is 2.24. The van der Waals surface area contributed by atoms with Gasteiger partial charge in [-0.3, -0.25) is 4.79 Å². The summed E-state index contributed by atoms with van der Waals surface area (Å²) in [7, 11) is 3.47.